The molecule has 0 saturated carbocycles. The van der Waals surface area contributed by atoms with Gasteiger partial charge >= 0.3 is 18.0 Å². The Bertz CT molecular complexity index is 333. The number of carbonyl (C=O) groups excluding carboxylic acids is 2. The zero-order chi connectivity index (χ0) is 16.1. The lowest BCUT2D eigenvalue weighted by Crippen LogP contribution is -2.37. The summed E-state index contributed by atoms with van der Waals surface area (Å²) in [6.07, 6.45) is 2.34. The van der Waals surface area contributed by atoms with Gasteiger partial charge in [-0.1, -0.05) is 6.92 Å². The number of urea groups is 1. The second-order valence-corrected chi connectivity index (χ2v) is 4.92. The SMILES string of the molecule is CCOC(=O)CCCNC(=O)NCCC(C)CCC(=O)O. The summed E-state index contributed by atoms with van der Waals surface area (Å²) in [6, 6.07) is -0.274. The largest absolute Gasteiger partial charge is 0.481 e. The van der Waals surface area contributed by atoms with Crippen molar-refractivity contribution in [2.24, 2.45) is 5.92 Å². The number of carboxylic acids is 1. The molecule has 0 fully saturated rings. The quantitative estimate of drug-likeness (QED) is 0.396. The van der Waals surface area contributed by atoms with Crippen LogP contribution in [0.1, 0.15) is 46.0 Å². The van der Waals surface area contributed by atoms with Gasteiger partial charge in [0.15, 0.2) is 0 Å². The maximum absolute atomic E-state index is 11.4. The number of amides is 2. The van der Waals surface area contributed by atoms with E-state index in [0.29, 0.717) is 39.0 Å². The molecule has 122 valence electrons. The van der Waals surface area contributed by atoms with E-state index in [4.69, 9.17) is 9.84 Å². The highest BCUT2D eigenvalue weighted by molar-refractivity contribution is 5.74. The normalized spacial score (nSPS) is 11.5. The van der Waals surface area contributed by atoms with Crippen LogP contribution in [-0.4, -0.2) is 42.8 Å². The molecule has 0 aromatic rings. The molecule has 0 aromatic heterocycles. The Morgan fingerprint density at radius 1 is 1.10 bits per heavy atom. The molecule has 2 amide bonds. The van der Waals surface area contributed by atoms with Gasteiger partial charge in [0.05, 0.1) is 6.61 Å². The van der Waals surface area contributed by atoms with Crippen LogP contribution in [0.5, 0.6) is 0 Å². The first-order valence-electron chi connectivity index (χ1n) is 7.34. The molecule has 0 rings (SSSR count). The molecule has 21 heavy (non-hydrogen) atoms. The van der Waals surface area contributed by atoms with E-state index < -0.39 is 5.97 Å². The molecule has 0 heterocycles. The molecule has 0 aliphatic heterocycles. The summed E-state index contributed by atoms with van der Waals surface area (Å²) >= 11 is 0. The van der Waals surface area contributed by atoms with Gasteiger partial charge in [-0.2, -0.15) is 0 Å². The Balaban J connectivity index is 3.50. The molecule has 0 aromatic carbocycles. The molecule has 7 nitrogen and oxygen atoms in total. The van der Waals surface area contributed by atoms with E-state index >= 15 is 0 Å². The molecule has 0 aliphatic carbocycles. The van der Waals surface area contributed by atoms with Crippen LogP contribution in [-0.2, 0) is 14.3 Å². The Labute approximate surface area is 125 Å². The maximum Gasteiger partial charge on any atom is 0.314 e. The number of hydrogen-bond acceptors (Lipinski definition) is 4. The molecular formula is C14H26N2O5. The average molecular weight is 302 g/mol. The summed E-state index contributed by atoms with van der Waals surface area (Å²) in [7, 11) is 0. The van der Waals surface area contributed by atoms with Crippen LogP contribution in [0.4, 0.5) is 4.79 Å². The van der Waals surface area contributed by atoms with Gasteiger partial charge in [-0.3, -0.25) is 9.59 Å². The Kier molecular flexibility index (Phi) is 11.0. The molecule has 0 saturated heterocycles. The fraction of sp³-hybridized carbons (Fsp3) is 0.786. The van der Waals surface area contributed by atoms with Gasteiger partial charge < -0.3 is 20.5 Å². The zero-order valence-corrected chi connectivity index (χ0v) is 12.8. The van der Waals surface area contributed by atoms with Crippen molar-refractivity contribution in [3.63, 3.8) is 0 Å². The van der Waals surface area contributed by atoms with Gasteiger partial charge in [-0.05, 0) is 32.1 Å². The molecule has 0 radical (unpaired) electrons. The summed E-state index contributed by atoms with van der Waals surface area (Å²) in [4.78, 5) is 32.9. The number of ether oxygens (including phenoxy) is 1. The molecule has 3 N–H and O–H groups in total. The lowest BCUT2D eigenvalue weighted by Gasteiger charge is -2.11. The summed E-state index contributed by atoms with van der Waals surface area (Å²) in [5.41, 5.74) is 0. The van der Waals surface area contributed by atoms with Crippen LogP contribution in [0.25, 0.3) is 0 Å². The third-order valence-electron chi connectivity index (χ3n) is 2.92. The monoisotopic (exact) mass is 302 g/mol. The topological polar surface area (TPSA) is 105 Å². The van der Waals surface area contributed by atoms with Crippen LogP contribution in [0.2, 0.25) is 0 Å². The third-order valence-corrected chi connectivity index (χ3v) is 2.92. The minimum Gasteiger partial charge on any atom is -0.481 e. The van der Waals surface area contributed by atoms with Crippen molar-refractivity contribution in [1.82, 2.24) is 10.6 Å². The standard InChI is InChI=1S/C14H26N2O5/c1-3-21-13(19)5-4-9-15-14(20)16-10-8-11(2)6-7-12(17)18/h11H,3-10H2,1-2H3,(H,17,18)(H2,15,16,20). The van der Waals surface area contributed by atoms with Gasteiger partial charge in [0.25, 0.3) is 0 Å². The summed E-state index contributed by atoms with van der Waals surface area (Å²) < 4.78 is 4.77. The molecule has 7 heteroatoms. The predicted molar refractivity (Wildman–Crippen MR) is 77.9 cm³/mol. The summed E-state index contributed by atoms with van der Waals surface area (Å²) in [6.45, 7) is 5.00. The molecule has 0 bridgehead atoms. The molecular weight excluding hydrogens is 276 g/mol. The van der Waals surface area contributed by atoms with Crippen LogP contribution in [0.3, 0.4) is 0 Å². The van der Waals surface area contributed by atoms with Crippen LogP contribution in [0.15, 0.2) is 0 Å². The van der Waals surface area contributed by atoms with Gasteiger partial charge in [0.2, 0.25) is 0 Å². The Morgan fingerprint density at radius 3 is 2.38 bits per heavy atom. The first kappa shape index (κ1) is 19.2. The number of carbonyl (C=O) groups is 3. The number of esters is 1. The van der Waals surface area contributed by atoms with E-state index in [-0.39, 0.29) is 24.3 Å². The van der Waals surface area contributed by atoms with Crippen molar-refractivity contribution in [3.8, 4) is 0 Å². The van der Waals surface area contributed by atoms with E-state index in [1.54, 1.807) is 6.92 Å². The van der Waals surface area contributed by atoms with Crippen molar-refractivity contribution < 1.29 is 24.2 Å². The number of rotatable bonds is 11. The fourth-order valence-electron chi connectivity index (χ4n) is 1.68. The fourth-order valence-corrected chi connectivity index (χ4v) is 1.68. The molecule has 1 atom stereocenters. The minimum absolute atomic E-state index is 0.154. The van der Waals surface area contributed by atoms with E-state index in [2.05, 4.69) is 10.6 Å². The van der Waals surface area contributed by atoms with E-state index in [9.17, 15) is 14.4 Å². The number of nitrogens with one attached hydrogen (secondary N) is 2. The number of carboxylic acid groups (broad SMARTS) is 1. The van der Waals surface area contributed by atoms with Crippen LogP contribution >= 0.6 is 0 Å². The minimum atomic E-state index is -0.797. The van der Waals surface area contributed by atoms with Crippen molar-refractivity contribution in [1.29, 1.82) is 0 Å². The molecule has 0 spiro atoms. The number of aliphatic carboxylic acids is 1. The average Bonchev–Trinajstić information content (AvgIpc) is 2.41. The third kappa shape index (κ3) is 13.0. The first-order chi connectivity index (χ1) is 9.95. The first-order valence-corrected chi connectivity index (χ1v) is 7.34. The molecule has 0 aliphatic rings. The van der Waals surface area contributed by atoms with E-state index in [0.717, 1.165) is 6.42 Å². The zero-order valence-electron chi connectivity index (χ0n) is 12.8. The lowest BCUT2D eigenvalue weighted by atomic mass is 10.0. The van der Waals surface area contributed by atoms with Crippen LogP contribution in [0, 0.1) is 5.92 Å². The Hall–Kier alpha value is -1.79. The van der Waals surface area contributed by atoms with E-state index in [1.165, 1.54) is 0 Å². The van der Waals surface area contributed by atoms with E-state index in [1.807, 2.05) is 6.92 Å². The smallest absolute Gasteiger partial charge is 0.314 e. The van der Waals surface area contributed by atoms with Gasteiger partial charge in [-0.25, -0.2) is 4.79 Å². The lowest BCUT2D eigenvalue weighted by molar-refractivity contribution is -0.143. The van der Waals surface area contributed by atoms with Crippen molar-refractivity contribution >= 4 is 18.0 Å². The van der Waals surface area contributed by atoms with Crippen LogP contribution < -0.4 is 10.6 Å². The predicted octanol–water partition coefficient (Wildman–Crippen LogP) is 1.52. The summed E-state index contributed by atoms with van der Waals surface area (Å²) in [5, 5.41) is 13.9. The van der Waals surface area contributed by atoms with Gasteiger partial charge in [0.1, 0.15) is 0 Å². The maximum atomic E-state index is 11.4. The highest BCUT2D eigenvalue weighted by atomic mass is 16.5. The van der Waals surface area contributed by atoms with Crippen molar-refractivity contribution in [2.45, 2.75) is 46.0 Å². The Morgan fingerprint density at radius 2 is 1.76 bits per heavy atom. The second-order valence-electron chi connectivity index (χ2n) is 4.92. The second kappa shape index (κ2) is 12.0. The van der Waals surface area contributed by atoms with Crippen molar-refractivity contribution in [3.05, 3.63) is 0 Å². The highest BCUT2D eigenvalue weighted by Crippen LogP contribution is 2.08. The highest BCUT2D eigenvalue weighted by Gasteiger charge is 2.07. The molecule has 1 unspecified atom stereocenters. The number of hydrogen-bond donors (Lipinski definition) is 3. The summed E-state index contributed by atoms with van der Waals surface area (Å²) in [5.74, 6) is -0.800. The van der Waals surface area contributed by atoms with Crippen molar-refractivity contribution in [2.75, 3.05) is 19.7 Å². The van der Waals surface area contributed by atoms with Gasteiger partial charge in [0, 0.05) is 25.9 Å². The van der Waals surface area contributed by atoms with Gasteiger partial charge in [-0.15, -0.1) is 0 Å².